The normalized spacial score (nSPS) is 21.0. The van der Waals surface area contributed by atoms with Crippen LogP contribution in [-0.4, -0.2) is 24.8 Å². The zero-order valence-corrected chi connectivity index (χ0v) is 9.46. The molecule has 0 saturated carbocycles. The lowest BCUT2D eigenvalue weighted by Gasteiger charge is -2.06. The summed E-state index contributed by atoms with van der Waals surface area (Å²) >= 11 is 1.59. The molecule has 1 aliphatic rings. The van der Waals surface area contributed by atoms with E-state index in [2.05, 4.69) is 4.98 Å². The van der Waals surface area contributed by atoms with Gasteiger partial charge in [-0.1, -0.05) is 0 Å². The number of hydrogen-bond acceptors (Lipinski definition) is 5. The zero-order chi connectivity index (χ0) is 10.5. The monoisotopic (exact) mass is 228 g/mol. The van der Waals surface area contributed by atoms with Gasteiger partial charge in [-0.15, -0.1) is 11.3 Å². The molecule has 0 aliphatic carbocycles. The maximum atomic E-state index is 5.58. The number of rotatable bonds is 5. The Labute approximate surface area is 93.4 Å². The number of nitrogens with zero attached hydrogens (tertiary/aromatic N) is 1. The zero-order valence-electron chi connectivity index (χ0n) is 8.65. The standard InChI is InChI=1S/C10H16N2O2S/c11-3-10-12-9(7-15-10)6-14-5-8-1-2-13-4-8/h7-8H,1-6,11H2. The summed E-state index contributed by atoms with van der Waals surface area (Å²) < 4.78 is 10.9. The lowest BCUT2D eigenvalue weighted by atomic mass is 10.1. The predicted octanol–water partition coefficient (Wildman–Crippen LogP) is 1.15. The van der Waals surface area contributed by atoms with Crippen molar-refractivity contribution in [2.24, 2.45) is 11.7 Å². The molecule has 15 heavy (non-hydrogen) atoms. The van der Waals surface area contributed by atoms with Crippen molar-refractivity contribution in [3.8, 4) is 0 Å². The van der Waals surface area contributed by atoms with Crippen LogP contribution in [0.3, 0.4) is 0 Å². The highest BCUT2D eigenvalue weighted by Crippen LogP contribution is 2.14. The van der Waals surface area contributed by atoms with Crippen molar-refractivity contribution in [1.29, 1.82) is 0 Å². The topological polar surface area (TPSA) is 57.4 Å². The first-order chi connectivity index (χ1) is 7.38. The number of ether oxygens (including phenoxy) is 2. The van der Waals surface area contributed by atoms with E-state index in [0.29, 0.717) is 19.1 Å². The number of hydrogen-bond donors (Lipinski definition) is 1. The summed E-state index contributed by atoms with van der Waals surface area (Å²) in [6.07, 6.45) is 1.12. The first kappa shape index (κ1) is 11.0. The van der Waals surface area contributed by atoms with Gasteiger partial charge in [-0.05, 0) is 6.42 Å². The third-order valence-corrected chi connectivity index (χ3v) is 3.32. The molecule has 1 saturated heterocycles. The van der Waals surface area contributed by atoms with Crippen LogP contribution in [0.1, 0.15) is 17.1 Å². The Hall–Kier alpha value is -0.490. The van der Waals surface area contributed by atoms with Crippen molar-refractivity contribution in [1.82, 2.24) is 4.98 Å². The minimum atomic E-state index is 0.515. The number of aromatic nitrogens is 1. The van der Waals surface area contributed by atoms with Crippen molar-refractivity contribution in [2.45, 2.75) is 19.6 Å². The maximum absolute atomic E-state index is 5.58. The lowest BCUT2D eigenvalue weighted by Crippen LogP contribution is -2.09. The average Bonchev–Trinajstić information content (AvgIpc) is 2.88. The highest BCUT2D eigenvalue weighted by molar-refractivity contribution is 7.09. The Morgan fingerprint density at radius 1 is 1.67 bits per heavy atom. The minimum absolute atomic E-state index is 0.515. The molecule has 1 aliphatic heterocycles. The van der Waals surface area contributed by atoms with E-state index in [-0.39, 0.29) is 0 Å². The van der Waals surface area contributed by atoms with Gasteiger partial charge >= 0.3 is 0 Å². The number of thiazole rings is 1. The molecule has 5 heteroatoms. The van der Waals surface area contributed by atoms with Gasteiger partial charge < -0.3 is 15.2 Å². The molecule has 2 heterocycles. The molecule has 0 aromatic carbocycles. The molecule has 2 rings (SSSR count). The molecule has 1 aromatic rings. The smallest absolute Gasteiger partial charge is 0.107 e. The third kappa shape index (κ3) is 3.24. The average molecular weight is 228 g/mol. The van der Waals surface area contributed by atoms with Gasteiger partial charge in [0.05, 0.1) is 25.5 Å². The SMILES string of the molecule is NCc1nc(COCC2CCOC2)cs1. The van der Waals surface area contributed by atoms with Crippen LogP contribution in [-0.2, 0) is 22.6 Å². The second-order valence-corrected chi connectivity index (χ2v) is 4.62. The first-order valence-corrected chi connectivity index (χ1v) is 6.05. The molecule has 2 N–H and O–H groups in total. The van der Waals surface area contributed by atoms with Gasteiger partial charge in [0.1, 0.15) is 5.01 Å². The van der Waals surface area contributed by atoms with Crippen molar-refractivity contribution >= 4 is 11.3 Å². The Morgan fingerprint density at radius 3 is 3.27 bits per heavy atom. The molecule has 1 fully saturated rings. The fraction of sp³-hybridized carbons (Fsp3) is 0.700. The summed E-state index contributed by atoms with van der Waals surface area (Å²) in [5, 5.41) is 2.98. The molecule has 0 spiro atoms. The Morgan fingerprint density at radius 2 is 2.60 bits per heavy atom. The van der Waals surface area contributed by atoms with Crippen LogP contribution in [0, 0.1) is 5.92 Å². The first-order valence-electron chi connectivity index (χ1n) is 5.17. The molecule has 1 unspecified atom stereocenters. The van der Waals surface area contributed by atoms with E-state index in [1.165, 1.54) is 0 Å². The van der Waals surface area contributed by atoms with Crippen molar-refractivity contribution in [2.75, 3.05) is 19.8 Å². The molecule has 1 atom stereocenters. The minimum Gasteiger partial charge on any atom is -0.381 e. The Kier molecular flexibility index (Phi) is 4.08. The van der Waals surface area contributed by atoms with E-state index >= 15 is 0 Å². The summed E-state index contributed by atoms with van der Waals surface area (Å²) in [6, 6.07) is 0. The van der Waals surface area contributed by atoms with E-state index < -0.39 is 0 Å². The molecule has 0 bridgehead atoms. The highest BCUT2D eigenvalue weighted by atomic mass is 32.1. The van der Waals surface area contributed by atoms with E-state index in [1.54, 1.807) is 11.3 Å². The van der Waals surface area contributed by atoms with Crippen LogP contribution < -0.4 is 5.73 Å². The van der Waals surface area contributed by atoms with Gasteiger partial charge in [-0.25, -0.2) is 4.98 Å². The Bertz CT molecular complexity index is 297. The molecule has 4 nitrogen and oxygen atoms in total. The highest BCUT2D eigenvalue weighted by Gasteiger charge is 2.15. The maximum Gasteiger partial charge on any atom is 0.107 e. The van der Waals surface area contributed by atoms with Gasteiger partial charge in [0.2, 0.25) is 0 Å². The molecule has 0 radical (unpaired) electrons. The molecule has 0 amide bonds. The second kappa shape index (κ2) is 5.55. The van der Waals surface area contributed by atoms with Crippen LogP contribution in [0.4, 0.5) is 0 Å². The number of nitrogens with two attached hydrogens (primary N) is 1. The van der Waals surface area contributed by atoms with Crippen LogP contribution >= 0.6 is 11.3 Å². The van der Waals surface area contributed by atoms with Gasteiger partial charge in [-0.2, -0.15) is 0 Å². The second-order valence-electron chi connectivity index (χ2n) is 3.68. The summed E-state index contributed by atoms with van der Waals surface area (Å²) in [6.45, 7) is 3.59. The fourth-order valence-electron chi connectivity index (χ4n) is 1.55. The van der Waals surface area contributed by atoms with Crippen molar-refractivity contribution < 1.29 is 9.47 Å². The van der Waals surface area contributed by atoms with E-state index in [0.717, 1.165) is 36.9 Å². The predicted molar refractivity (Wildman–Crippen MR) is 58.6 cm³/mol. The fourth-order valence-corrected chi connectivity index (χ4v) is 2.21. The molecular formula is C10H16N2O2S. The molecule has 1 aromatic heterocycles. The third-order valence-electron chi connectivity index (χ3n) is 2.40. The van der Waals surface area contributed by atoms with Crippen molar-refractivity contribution in [3.05, 3.63) is 16.1 Å². The van der Waals surface area contributed by atoms with Crippen LogP contribution in [0.2, 0.25) is 0 Å². The molecule has 84 valence electrons. The van der Waals surface area contributed by atoms with Crippen LogP contribution in [0.15, 0.2) is 5.38 Å². The van der Waals surface area contributed by atoms with Crippen LogP contribution in [0.5, 0.6) is 0 Å². The van der Waals surface area contributed by atoms with E-state index in [4.69, 9.17) is 15.2 Å². The van der Waals surface area contributed by atoms with Gasteiger partial charge in [-0.3, -0.25) is 0 Å². The quantitative estimate of drug-likeness (QED) is 0.821. The summed E-state index contributed by atoms with van der Waals surface area (Å²) in [5.41, 5.74) is 6.47. The Balaban J connectivity index is 1.68. The summed E-state index contributed by atoms with van der Waals surface area (Å²) in [7, 11) is 0. The van der Waals surface area contributed by atoms with Crippen molar-refractivity contribution in [3.63, 3.8) is 0 Å². The largest absolute Gasteiger partial charge is 0.381 e. The lowest BCUT2D eigenvalue weighted by molar-refractivity contribution is 0.0775. The molecular weight excluding hydrogens is 212 g/mol. The van der Waals surface area contributed by atoms with E-state index in [9.17, 15) is 0 Å². The van der Waals surface area contributed by atoms with E-state index in [1.807, 2.05) is 5.38 Å². The summed E-state index contributed by atoms with van der Waals surface area (Å²) in [5.74, 6) is 0.567. The van der Waals surface area contributed by atoms with Gasteiger partial charge in [0.25, 0.3) is 0 Å². The van der Waals surface area contributed by atoms with Gasteiger partial charge in [0.15, 0.2) is 0 Å². The summed E-state index contributed by atoms with van der Waals surface area (Å²) in [4.78, 5) is 4.33. The van der Waals surface area contributed by atoms with Crippen LogP contribution in [0.25, 0.3) is 0 Å². The van der Waals surface area contributed by atoms with Gasteiger partial charge in [0, 0.05) is 24.4 Å².